The third kappa shape index (κ3) is 5.44. The van der Waals surface area contributed by atoms with E-state index in [1.165, 1.54) is 12.8 Å². The van der Waals surface area contributed by atoms with Gasteiger partial charge in [-0.1, -0.05) is 6.42 Å². The molecule has 1 atom stereocenters. The van der Waals surface area contributed by atoms with Gasteiger partial charge in [-0.3, -0.25) is 14.7 Å². The highest BCUT2D eigenvalue weighted by molar-refractivity contribution is 5.78. The van der Waals surface area contributed by atoms with Crippen molar-refractivity contribution in [2.75, 3.05) is 26.2 Å². The summed E-state index contributed by atoms with van der Waals surface area (Å²) < 4.78 is 0. The van der Waals surface area contributed by atoms with Gasteiger partial charge in [-0.15, -0.1) is 0 Å². The molecule has 1 aromatic heterocycles. The summed E-state index contributed by atoms with van der Waals surface area (Å²) in [6.07, 6.45) is 8.26. The lowest BCUT2D eigenvalue weighted by atomic mass is 10.0. The Morgan fingerprint density at radius 1 is 1.38 bits per heavy atom. The van der Waals surface area contributed by atoms with Gasteiger partial charge in [-0.05, 0) is 43.5 Å². The summed E-state index contributed by atoms with van der Waals surface area (Å²) in [5, 5.41) is 12.3. The highest BCUT2D eigenvalue weighted by atomic mass is 16.3. The second-order valence-electron chi connectivity index (χ2n) is 5.60. The minimum absolute atomic E-state index is 0.0542. The van der Waals surface area contributed by atoms with Crippen LogP contribution in [0.25, 0.3) is 0 Å². The van der Waals surface area contributed by atoms with Crippen molar-refractivity contribution in [3.05, 3.63) is 30.1 Å². The minimum atomic E-state index is 0.0542. The summed E-state index contributed by atoms with van der Waals surface area (Å²) in [4.78, 5) is 18.1. The fourth-order valence-electron chi connectivity index (χ4n) is 2.82. The van der Waals surface area contributed by atoms with Crippen LogP contribution in [0, 0.1) is 0 Å². The Labute approximate surface area is 126 Å². The topological polar surface area (TPSA) is 65.5 Å². The average molecular weight is 291 g/mol. The molecule has 5 nitrogen and oxygen atoms in total. The van der Waals surface area contributed by atoms with E-state index in [-0.39, 0.29) is 12.5 Å². The van der Waals surface area contributed by atoms with Crippen molar-refractivity contribution in [3.8, 4) is 0 Å². The zero-order chi connectivity index (χ0) is 14.9. The number of likely N-dealkylation sites (tertiary alicyclic amines) is 1. The van der Waals surface area contributed by atoms with Crippen molar-refractivity contribution in [3.63, 3.8) is 0 Å². The van der Waals surface area contributed by atoms with Gasteiger partial charge in [-0.25, -0.2) is 0 Å². The molecule has 2 rings (SSSR count). The molecule has 0 aromatic carbocycles. The number of nitrogens with zero attached hydrogens (tertiary/aromatic N) is 2. The molecule has 1 saturated heterocycles. The SMILES string of the molecule is O=C(Cc1ccncc1)NCCCN1CCCC[C@@H]1CO. The molecular formula is C16H25N3O2. The summed E-state index contributed by atoms with van der Waals surface area (Å²) in [6, 6.07) is 4.03. The fourth-order valence-corrected chi connectivity index (χ4v) is 2.82. The number of aliphatic hydroxyl groups is 1. The number of aliphatic hydroxyl groups excluding tert-OH is 1. The lowest BCUT2D eigenvalue weighted by molar-refractivity contribution is -0.120. The van der Waals surface area contributed by atoms with E-state index in [0.717, 1.165) is 31.5 Å². The van der Waals surface area contributed by atoms with Crippen molar-refractivity contribution < 1.29 is 9.90 Å². The Hall–Kier alpha value is -1.46. The molecular weight excluding hydrogens is 266 g/mol. The molecule has 21 heavy (non-hydrogen) atoms. The van der Waals surface area contributed by atoms with Crippen molar-refractivity contribution in [2.45, 2.75) is 38.1 Å². The van der Waals surface area contributed by atoms with Crippen LogP contribution in [0.1, 0.15) is 31.2 Å². The lowest BCUT2D eigenvalue weighted by Crippen LogP contribution is -2.43. The average Bonchev–Trinajstić information content (AvgIpc) is 2.53. The van der Waals surface area contributed by atoms with E-state index in [4.69, 9.17) is 0 Å². The summed E-state index contributed by atoms with van der Waals surface area (Å²) in [5.41, 5.74) is 0.985. The van der Waals surface area contributed by atoms with Crippen LogP contribution < -0.4 is 5.32 Å². The Balaban J connectivity index is 1.61. The molecule has 2 heterocycles. The minimum Gasteiger partial charge on any atom is -0.395 e. The van der Waals surface area contributed by atoms with Crippen molar-refractivity contribution >= 4 is 5.91 Å². The molecule has 1 aromatic rings. The van der Waals surface area contributed by atoms with Crippen LogP contribution in [0.2, 0.25) is 0 Å². The number of nitrogens with one attached hydrogen (secondary N) is 1. The van der Waals surface area contributed by atoms with Crippen molar-refractivity contribution in [1.29, 1.82) is 0 Å². The number of amides is 1. The number of hydrogen-bond donors (Lipinski definition) is 2. The molecule has 5 heteroatoms. The number of pyridine rings is 1. The van der Waals surface area contributed by atoms with Crippen LogP contribution in [-0.2, 0) is 11.2 Å². The molecule has 1 aliphatic heterocycles. The van der Waals surface area contributed by atoms with Gasteiger partial charge < -0.3 is 10.4 Å². The third-order valence-electron chi connectivity index (χ3n) is 4.02. The Bertz CT molecular complexity index is 425. The van der Waals surface area contributed by atoms with Gasteiger partial charge in [-0.2, -0.15) is 0 Å². The van der Waals surface area contributed by atoms with Crippen LogP contribution >= 0.6 is 0 Å². The molecule has 2 N–H and O–H groups in total. The van der Waals surface area contributed by atoms with Crippen LogP contribution in [0.5, 0.6) is 0 Å². The van der Waals surface area contributed by atoms with Gasteiger partial charge in [0.2, 0.25) is 5.91 Å². The summed E-state index contributed by atoms with van der Waals surface area (Å²) in [7, 11) is 0. The highest BCUT2D eigenvalue weighted by Crippen LogP contribution is 2.16. The van der Waals surface area contributed by atoms with E-state index in [1.807, 2.05) is 12.1 Å². The second-order valence-corrected chi connectivity index (χ2v) is 5.60. The van der Waals surface area contributed by atoms with Gasteiger partial charge in [0.15, 0.2) is 0 Å². The molecule has 0 bridgehead atoms. The zero-order valence-electron chi connectivity index (χ0n) is 12.5. The Morgan fingerprint density at radius 2 is 2.19 bits per heavy atom. The molecule has 0 radical (unpaired) electrons. The summed E-state index contributed by atoms with van der Waals surface area (Å²) in [6.45, 7) is 2.95. The second kappa shape index (κ2) is 8.74. The van der Waals surface area contributed by atoms with Crippen LogP contribution in [0.4, 0.5) is 0 Å². The van der Waals surface area contributed by atoms with Crippen LogP contribution in [0.3, 0.4) is 0 Å². The smallest absolute Gasteiger partial charge is 0.224 e. The first kappa shape index (κ1) is 15.9. The molecule has 0 unspecified atom stereocenters. The standard InChI is InChI=1S/C16H25N3O2/c20-13-15-4-1-2-10-19(15)11-3-7-18-16(21)12-14-5-8-17-9-6-14/h5-6,8-9,15,20H,1-4,7,10-13H2,(H,18,21)/t15-/m1/s1. The van der Waals surface area contributed by atoms with Crippen LogP contribution in [-0.4, -0.2) is 53.2 Å². The van der Waals surface area contributed by atoms with E-state index in [9.17, 15) is 9.90 Å². The van der Waals surface area contributed by atoms with Crippen molar-refractivity contribution in [2.24, 2.45) is 0 Å². The van der Waals surface area contributed by atoms with E-state index in [2.05, 4.69) is 15.2 Å². The normalized spacial score (nSPS) is 19.4. The Morgan fingerprint density at radius 3 is 2.95 bits per heavy atom. The molecule has 1 fully saturated rings. The zero-order valence-corrected chi connectivity index (χ0v) is 12.5. The van der Waals surface area contributed by atoms with Crippen LogP contribution in [0.15, 0.2) is 24.5 Å². The van der Waals surface area contributed by atoms with E-state index in [0.29, 0.717) is 19.0 Å². The highest BCUT2D eigenvalue weighted by Gasteiger charge is 2.20. The van der Waals surface area contributed by atoms with Crippen molar-refractivity contribution in [1.82, 2.24) is 15.2 Å². The maximum Gasteiger partial charge on any atom is 0.224 e. The maximum atomic E-state index is 11.8. The first-order chi connectivity index (χ1) is 10.3. The number of aromatic nitrogens is 1. The van der Waals surface area contributed by atoms with E-state index >= 15 is 0 Å². The molecule has 116 valence electrons. The predicted molar refractivity (Wildman–Crippen MR) is 81.9 cm³/mol. The molecule has 0 aliphatic carbocycles. The molecule has 0 saturated carbocycles. The predicted octanol–water partition coefficient (Wildman–Crippen LogP) is 0.977. The first-order valence-electron chi connectivity index (χ1n) is 7.80. The fraction of sp³-hybridized carbons (Fsp3) is 0.625. The summed E-state index contributed by atoms with van der Waals surface area (Å²) >= 11 is 0. The van der Waals surface area contributed by atoms with Gasteiger partial charge in [0.25, 0.3) is 0 Å². The number of rotatable bonds is 7. The molecule has 1 aliphatic rings. The summed E-state index contributed by atoms with van der Waals surface area (Å²) in [5.74, 6) is 0.0542. The quantitative estimate of drug-likeness (QED) is 0.735. The van der Waals surface area contributed by atoms with Gasteiger partial charge >= 0.3 is 0 Å². The third-order valence-corrected chi connectivity index (χ3v) is 4.02. The van der Waals surface area contributed by atoms with Gasteiger partial charge in [0.05, 0.1) is 13.0 Å². The number of hydrogen-bond acceptors (Lipinski definition) is 4. The largest absolute Gasteiger partial charge is 0.395 e. The van der Waals surface area contributed by atoms with E-state index in [1.54, 1.807) is 12.4 Å². The lowest BCUT2D eigenvalue weighted by Gasteiger charge is -2.34. The molecule has 0 spiro atoms. The van der Waals surface area contributed by atoms with E-state index < -0.39 is 0 Å². The van der Waals surface area contributed by atoms with Gasteiger partial charge in [0, 0.05) is 31.5 Å². The maximum absolute atomic E-state index is 11.8. The Kier molecular flexibility index (Phi) is 6.63. The number of carbonyl (C=O) groups is 1. The van der Waals surface area contributed by atoms with Gasteiger partial charge in [0.1, 0.15) is 0 Å². The molecule has 1 amide bonds. The first-order valence-corrected chi connectivity index (χ1v) is 7.80. The monoisotopic (exact) mass is 291 g/mol. The number of carbonyl (C=O) groups excluding carboxylic acids is 1. The number of piperidine rings is 1.